The number of methoxy groups -OCH3 is 1. The number of nitrogens with zero attached hydrogens (tertiary/aromatic N) is 3. The van der Waals surface area contributed by atoms with Crippen molar-refractivity contribution in [3.8, 4) is 5.75 Å². The molecule has 1 fully saturated rings. The van der Waals surface area contributed by atoms with Crippen molar-refractivity contribution in [2.24, 2.45) is 0 Å². The molecule has 1 amide bonds. The SMILES string of the molecule is CNc1nc(Nc2ccc(C3CCCN3C=O)cc2OC)ncc1Cl. The van der Waals surface area contributed by atoms with Gasteiger partial charge in [0.25, 0.3) is 0 Å². The molecule has 1 aromatic heterocycles. The number of benzene rings is 1. The molecule has 0 spiro atoms. The maximum absolute atomic E-state index is 11.2. The topological polar surface area (TPSA) is 79.4 Å². The third kappa shape index (κ3) is 3.61. The molecule has 1 aliphatic rings. The average molecular weight is 362 g/mol. The molecule has 1 aliphatic heterocycles. The maximum atomic E-state index is 11.2. The number of anilines is 3. The Kier molecular flexibility index (Phi) is 5.23. The standard InChI is InChI=1S/C17H20ClN5O2/c1-19-16-12(18)9-20-17(22-16)21-13-6-5-11(8-15(13)25-2)14-4-3-7-23(14)10-24/h5-6,8-10,14H,3-4,7H2,1-2H3,(H2,19,20,21,22). The molecule has 8 heteroatoms. The second kappa shape index (κ2) is 7.57. The van der Waals surface area contributed by atoms with Crippen molar-refractivity contribution in [2.75, 3.05) is 31.3 Å². The van der Waals surface area contributed by atoms with Gasteiger partial charge >= 0.3 is 0 Å². The van der Waals surface area contributed by atoms with E-state index in [0.29, 0.717) is 22.5 Å². The van der Waals surface area contributed by atoms with E-state index in [1.165, 1.54) is 6.20 Å². The van der Waals surface area contributed by atoms with E-state index in [0.717, 1.165) is 37.0 Å². The van der Waals surface area contributed by atoms with E-state index < -0.39 is 0 Å². The van der Waals surface area contributed by atoms with E-state index in [9.17, 15) is 4.79 Å². The van der Waals surface area contributed by atoms with E-state index in [-0.39, 0.29) is 6.04 Å². The highest BCUT2D eigenvalue weighted by Gasteiger charge is 2.25. The lowest BCUT2D eigenvalue weighted by Crippen LogP contribution is -2.21. The Hall–Kier alpha value is -2.54. The summed E-state index contributed by atoms with van der Waals surface area (Å²) in [7, 11) is 3.35. The first-order valence-corrected chi connectivity index (χ1v) is 8.40. The quantitative estimate of drug-likeness (QED) is 0.769. The van der Waals surface area contributed by atoms with Crippen LogP contribution in [0, 0.1) is 0 Å². The van der Waals surface area contributed by atoms with Crippen molar-refractivity contribution in [1.82, 2.24) is 14.9 Å². The van der Waals surface area contributed by atoms with E-state index in [1.807, 2.05) is 23.1 Å². The van der Waals surface area contributed by atoms with Gasteiger partial charge in [-0.2, -0.15) is 4.98 Å². The third-order valence-electron chi connectivity index (χ3n) is 4.27. The minimum absolute atomic E-state index is 0.100. The molecular weight excluding hydrogens is 342 g/mol. The number of carbonyl (C=O) groups excluding carboxylic acids is 1. The first-order chi connectivity index (χ1) is 12.2. The zero-order chi connectivity index (χ0) is 17.8. The van der Waals surface area contributed by atoms with E-state index in [4.69, 9.17) is 16.3 Å². The molecule has 0 saturated carbocycles. The summed E-state index contributed by atoms with van der Waals surface area (Å²) in [4.78, 5) is 21.5. The fourth-order valence-corrected chi connectivity index (χ4v) is 3.20. The number of amides is 1. The Morgan fingerprint density at radius 2 is 2.28 bits per heavy atom. The van der Waals surface area contributed by atoms with Crippen LogP contribution in [0.4, 0.5) is 17.5 Å². The van der Waals surface area contributed by atoms with Crippen LogP contribution < -0.4 is 15.4 Å². The Bertz CT molecular complexity index is 771. The fraction of sp³-hybridized carbons (Fsp3) is 0.353. The van der Waals surface area contributed by atoms with Crippen molar-refractivity contribution in [2.45, 2.75) is 18.9 Å². The molecular formula is C17H20ClN5O2. The lowest BCUT2D eigenvalue weighted by molar-refractivity contribution is -0.118. The molecule has 2 heterocycles. The van der Waals surface area contributed by atoms with Crippen LogP contribution in [0.1, 0.15) is 24.4 Å². The normalized spacial score (nSPS) is 16.6. The van der Waals surface area contributed by atoms with Gasteiger partial charge in [0.2, 0.25) is 12.4 Å². The predicted molar refractivity (Wildman–Crippen MR) is 97.6 cm³/mol. The van der Waals surface area contributed by atoms with Crippen LogP contribution in [0.2, 0.25) is 5.02 Å². The van der Waals surface area contributed by atoms with Crippen LogP contribution >= 0.6 is 11.6 Å². The number of ether oxygens (including phenoxy) is 1. The van der Waals surface area contributed by atoms with Gasteiger partial charge in [0.15, 0.2) is 0 Å². The summed E-state index contributed by atoms with van der Waals surface area (Å²) in [5.74, 6) is 1.62. The number of hydrogen-bond acceptors (Lipinski definition) is 6. The predicted octanol–water partition coefficient (Wildman–Crippen LogP) is 3.22. The minimum atomic E-state index is 0.100. The number of nitrogens with one attached hydrogen (secondary N) is 2. The van der Waals surface area contributed by atoms with Gasteiger partial charge in [-0.1, -0.05) is 17.7 Å². The Morgan fingerprint density at radius 1 is 1.44 bits per heavy atom. The summed E-state index contributed by atoms with van der Waals surface area (Å²) in [5.41, 5.74) is 1.80. The van der Waals surface area contributed by atoms with Crippen molar-refractivity contribution in [3.05, 3.63) is 35.0 Å². The second-order valence-corrected chi connectivity index (χ2v) is 6.13. The number of hydrogen-bond donors (Lipinski definition) is 2. The fourth-order valence-electron chi connectivity index (χ4n) is 3.01. The number of rotatable bonds is 6. The molecule has 25 heavy (non-hydrogen) atoms. The number of aromatic nitrogens is 2. The number of carbonyl (C=O) groups is 1. The van der Waals surface area contributed by atoms with Crippen molar-refractivity contribution in [1.29, 1.82) is 0 Å². The summed E-state index contributed by atoms with van der Waals surface area (Å²) in [5, 5.41) is 6.50. The third-order valence-corrected chi connectivity index (χ3v) is 4.54. The van der Waals surface area contributed by atoms with Gasteiger partial charge in [-0.15, -0.1) is 0 Å². The smallest absolute Gasteiger partial charge is 0.229 e. The van der Waals surface area contributed by atoms with E-state index in [1.54, 1.807) is 14.2 Å². The van der Waals surface area contributed by atoms with Gasteiger partial charge in [-0.3, -0.25) is 4.79 Å². The zero-order valence-corrected chi connectivity index (χ0v) is 14.9. The lowest BCUT2D eigenvalue weighted by Gasteiger charge is -2.21. The van der Waals surface area contributed by atoms with Gasteiger partial charge in [0.1, 0.15) is 16.6 Å². The second-order valence-electron chi connectivity index (χ2n) is 5.73. The first-order valence-electron chi connectivity index (χ1n) is 8.02. The summed E-state index contributed by atoms with van der Waals surface area (Å²) in [6.07, 6.45) is 4.42. The summed E-state index contributed by atoms with van der Waals surface area (Å²) >= 11 is 6.01. The van der Waals surface area contributed by atoms with Crippen LogP contribution in [0.25, 0.3) is 0 Å². The first kappa shape index (κ1) is 17.3. The largest absolute Gasteiger partial charge is 0.495 e. The molecule has 0 aliphatic carbocycles. The van der Waals surface area contributed by atoms with E-state index >= 15 is 0 Å². The van der Waals surface area contributed by atoms with Crippen LogP contribution in [0.3, 0.4) is 0 Å². The summed E-state index contributed by atoms with van der Waals surface area (Å²) in [6, 6.07) is 5.95. The van der Waals surface area contributed by atoms with Crippen molar-refractivity contribution < 1.29 is 9.53 Å². The Morgan fingerprint density at radius 3 is 3.00 bits per heavy atom. The van der Waals surface area contributed by atoms with Crippen LogP contribution in [0.15, 0.2) is 24.4 Å². The molecule has 0 bridgehead atoms. The van der Waals surface area contributed by atoms with Gasteiger partial charge in [0, 0.05) is 13.6 Å². The summed E-state index contributed by atoms with van der Waals surface area (Å²) in [6.45, 7) is 0.794. The molecule has 3 rings (SSSR count). The molecule has 1 saturated heterocycles. The van der Waals surface area contributed by atoms with Gasteiger partial charge in [-0.05, 0) is 30.5 Å². The van der Waals surface area contributed by atoms with Gasteiger partial charge < -0.3 is 20.3 Å². The highest BCUT2D eigenvalue weighted by molar-refractivity contribution is 6.32. The van der Waals surface area contributed by atoms with Crippen LogP contribution in [-0.2, 0) is 4.79 Å². The lowest BCUT2D eigenvalue weighted by atomic mass is 10.0. The molecule has 1 aromatic carbocycles. The van der Waals surface area contributed by atoms with E-state index in [2.05, 4.69) is 20.6 Å². The average Bonchev–Trinajstić information content (AvgIpc) is 3.12. The minimum Gasteiger partial charge on any atom is -0.495 e. The number of halogens is 1. The Balaban J connectivity index is 1.86. The molecule has 1 unspecified atom stereocenters. The molecule has 2 aromatic rings. The molecule has 7 nitrogen and oxygen atoms in total. The number of likely N-dealkylation sites (tertiary alicyclic amines) is 1. The molecule has 0 radical (unpaired) electrons. The molecule has 2 N–H and O–H groups in total. The van der Waals surface area contributed by atoms with Crippen LogP contribution in [0.5, 0.6) is 5.75 Å². The van der Waals surface area contributed by atoms with Gasteiger partial charge in [-0.25, -0.2) is 4.98 Å². The maximum Gasteiger partial charge on any atom is 0.229 e. The Labute approximate surface area is 151 Å². The highest BCUT2D eigenvalue weighted by atomic mass is 35.5. The summed E-state index contributed by atoms with van der Waals surface area (Å²) < 4.78 is 5.50. The van der Waals surface area contributed by atoms with Crippen molar-refractivity contribution >= 4 is 35.5 Å². The van der Waals surface area contributed by atoms with Crippen molar-refractivity contribution in [3.63, 3.8) is 0 Å². The van der Waals surface area contributed by atoms with Gasteiger partial charge in [0.05, 0.1) is 25.0 Å². The monoisotopic (exact) mass is 361 g/mol. The zero-order valence-electron chi connectivity index (χ0n) is 14.1. The van der Waals surface area contributed by atoms with Crippen LogP contribution in [-0.4, -0.2) is 42.0 Å². The molecule has 132 valence electrons. The molecule has 1 atom stereocenters. The highest BCUT2D eigenvalue weighted by Crippen LogP contribution is 2.36.